The van der Waals surface area contributed by atoms with Crippen LogP contribution in [0.5, 0.6) is 5.75 Å². The molecule has 2 aromatic rings. The van der Waals surface area contributed by atoms with Gasteiger partial charge in [-0.1, -0.05) is 17.7 Å². The largest absolute Gasteiger partial charge is 0.495 e. The van der Waals surface area contributed by atoms with Crippen LogP contribution in [0.25, 0.3) is 0 Å². The van der Waals surface area contributed by atoms with Crippen LogP contribution in [0.2, 0.25) is 5.02 Å². The normalized spacial score (nSPS) is 16.4. The van der Waals surface area contributed by atoms with Crippen molar-refractivity contribution >= 4 is 17.4 Å². The molecule has 1 fully saturated rings. The molecule has 5 heteroatoms. The lowest BCUT2D eigenvalue weighted by Crippen LogP contribution is -2.33. The van der Waals surface area contributed by atoms with Gasteiger partial charge in [-0.3, -0.25) is 5.10 Å². The lowest BCUT2D eigenvalue weighted by molar-refractivity contribution is 0.414. The lowest BCUT2D eigenvalue weighted by Gasteiger charge is -2.32. The zero-order valence-electron chi connectivity index (χ0n) is 11.5. The molecule has 3 rings (SSSR count). The van der Waals surface area contributed by atoms with Gasteiger partial charge in [0.1, 0.15) is 11.6 Å². The van der Waals surface area contributed by atoms with Crippen molar-refractivity contribution in [2.45, 2.75) is 18.8 Å². The van der Waals surface area contributed by atoms with E-state index in [0.717, 1.165) is 37.5 Å². The predicted octanol–water partition coefficient (Wildman–Crippen LogP) is 3.46. The molecule has 2 heterocycles. The number of H-pyrrole nitrogens is 1. The van der Waals surface area contributed by atoms with Gasteiger partial charge in [0.15, 0.2) is 0 Å². The van der Waals surface area contributed by atoms with Crippen LogP contribution in [-0.2, 0) is 0 Å². The number of methoxy groups -OCH3 is 1. The number of anilines is 1. The van der Waals surface area contributed by atoms with Crippen molar-refractivity contribution < 1.29 is 4.74 Å². The minimum absolute atomic E-state index is 0.567. The van der Waals surface area contributed by atoms with E-state index in [1.165, 1.54) is 5.56 Å². The second-order valence-corrected chi connectivity index (χ2v) is 5.50. The third-order valence-corrected chi connectivity index (χ3v) is 4.26. The van der Waals surface area contributed by atoms with Crippen molar-refractivity contribution in [1.82, 2.24) is 10.2 Å². The van der Waals surface area contributed by atoms with E-state index in [9.17, 15) is 0 Å². The van der Waals surface area contributed by atoms with Crippen molar-refractivity contribution in [2.24, 2.45) is 0 Å². The van der Waals surface area contributed by atoms with Gasteiger partial charge in [-0.15, -0.1) is 0 Å². The molecular weight excluding hydrogens is 274 g/mol. The maximum absolute atomic E-state index is 6.21. The SMILES string of the molecule is COc1ccc(C2CCN(c3ccn[nH]3)CC2)cc1Cl. The Labute approximate surface area is 123 Å². The van der Waals surface area contributed by atoms with E-state index in [0.29, 0.717) is 10.9 Å². The van der Waals surface area contributed by atoms with Gasteiger partial charge in [-0.05, 0) is 36.5 Å². The van der Waals surface area contributed by atoms with Crippen LogP contribution in [0, 0.1) is 0 Å². The summed E-state index contributed by atoms with van der Waals surface area (Å²) in [6, 6.07) is 8.14. The van der Waals surface area contributed by atoms with Crippen LogP contribution in [0.4, 0.5) is 5.82 Å². The molecule has 4 nitrogen and oxygen atoms in total. The summed E-state index contributed by atoms with van der Waals surface area (Å²) in [6.45, 7) is 2.08. The van der Waals surface area contributed by atoms with Crippen LogP contribution >= 0.6 is 11.6 Å². The number of aromatic nitrogens is 2. The molecule has 1 aromatic heterocycles. The number of halogens is 1. The number of aromatic amines is 1. The van der Waals surface area contributed by atoms with Crippen molar-refractivity contribution in [3.05, 3.63) is 41.0 Å². The number of rotatable bonds is 3. The second kappa shape index (κ2) is 5.75. The highest BCUT2D eigenvalue weighted by Crippen LogP contribution is 2.34. The molecule has 1 N–H and O–H groups in total. The van der Waals surface area contributed by atoms with E-state index in [2.05, 4.69) is 21.2 Å². The molecule has 1 aliphatic rings. The molecule has 1 aliphatic heterocycles. The molecule has 20 heavy (non-hydrogen) atoms. The highest BCUT2D eigenvalue weighted by molar-refractivity contribution is 6.32. The number of piperidine rings is 1. The fraction of sp³-hybridized carbons (Fsp3) is 0.400. The molecular formula is C15H18ClN3O. The maximum Gasteiger partial charge on any atom is 0.137 e. The molecule has 0 saturated carbocycles. The van der Waals surface area contributed by atoms with E-state index < -0.39 is 0 Å². The number of nitrogens with zero attached hydrogens (tertiary/aromatic N) is 2. The predicted molar refractivity (Wildman–Crippen MR) is 80.8 cm³/mol. The number of ether oxygens (including phenoxy) is 1. The standard InChI is InChI=1S/C15H18ClN3O/c1-20-14-3-2-12(10-13(14)16)11-5-8-19(9-6-11)15-4-7-17-18-15/h2-4,7,10-11H,5-6,8-9H2,1H3,(H,17,18). The molecule has 106 valence electrons. The topological polar surface area (TPSA) is 41.1 Å². The first-order valence-corrected chi connectivity index (χ1v) is 7.23. The molecule has 1 saturated heterocycles. The van der Waals surface area contributed by atoms with Gasteiger partial charge in [0, 0.05) is 19.2 Å². The molecule has 0 amide bonds. The van der Waals surface area contributed by atoms with Gasteiger partial charge in [0.2, 0.25) is 0 Å². The minimum Gasteiger partial charge on any atom is -0.495 e. The van der Waals surface area contributed by atoms with E-state index in [1.807, 2.05) is 18.2 Å². The van der Waals surface area contributed by atoms with Crippen LogP contribution in [0.1, 0.15) is 24.3 Å². The zero-order valence-corrected chi connectivity index (χ0v) is 12.2. The quantitative estimate of drug-likeness (QED) is 0.941. The average Bonchev–Trinajstić information content (AvgIpc) is 3.01. The van der Waals surface area contributed by atoms with Gasteiger partial charge in [-0.2, -0.15) is 5.10 Å². The highest BCUT2D eigenvalue weighted by atomic mass is 35.5. The number of nitrogens with one attached hydrogen (secondary N) is 1. The summed E-state index contributed by atoms with van der Waals surface area (Å²) in [5, 5.41) is 7.73. The Kier molecular flexibility index (Phi) is 3.83. The Bertz CT molecular complexity index is 563. The highest BCUT2D eigenvalue weighted by Gasteiger charge is 2.22. The van der Waals surface area contributed by atoms with Gasteiger partial charge in [-0.25, -0.2) is 0 Å². The Morgan fingerprint density at radius 2 is 2.10 bits per heavy atom. The van der Waals surface area contributed by atoms with E-state index in [-0.39, 0.29) is 0 Å². The molecule has 0 atom stereocenters. The number of hydrogen-bond donors (Lipinski definition) is 1. The molecule has 0 unspecified atom stereocenters. The monoisotopic (exact) mass is 291 g/mol. The van der Waals surface area contributed by atoms with Crippen molar-refractivity contribution in [1.29, 1.82) is 0 Å². The van der Waals surface area contributed by atoms with Crippen LogP contribution in [0.15, 0.2) is 30.5 Å². The first kappa shape index (κ1) is 13.3. The Morgan fingerprint density at radius 1 is 1.30 bits per heavy atom. The van der Waals surface area contributed by atoms with Crippen molar-refractivity contribution in [3.8, 4) is 5.75 Å². The lowest BCUT2D eigenvalue weighted by atomic mass is 9.89. The third kappa shape index (κ3) is 2.61. The zero-order chi connectivity index (χ0) is 13.9. The summed E-state index contributed by atoms with van der Waals surface area (Å²) in [6.07, 6.45) is 4.05. The maximum atomic E-state index is 6.21. The van der Waals surface area contributed by atoms with Crippen molar-refractivity contribution in [3.63, 3.8) is 0 Å². The number of hydrogen-bond acceptors (Lipinski definition) is 3. The van der Waals surface area contributed by atoms with E-state index in [1.54, 1.807) is 13.3 Å². The third-order valence-electron chi connectivity index (χ3n) is 3.97. The van der Waals surface area contributed by atoms with E-state index >= 15 is 0 Å². The van der Waals surface area contributed by atoms with Crippen LogP contribution in [0.3, 0.4) is 0 Å². The number of benzene rings is 1. The minimum atomic E-state index is 0.567. The van der Waals surface area contributed by atoms with Crippen LogP contribution < -0.4 is 9.64 Å². The van der Waals surface area contributed by atoms with Gasteiger partial charge in [0.25, 0.3) is 0 Å². The molecule has 0 bridgehead atoms. The van der Waals surface area contributed by atoms with Crippen LogP contribution in [-0.4, -0.2) is 30.4 Å². The van der Waals surface area contributed by atoms with E-state index in [4.69, 9.17) is 16.3 Å². The summed E-state index contributed by atoms with van der Waals surface area (Å²) >= 11 is 6.21. The smallest absolute Gasteiger partial charge is 0.137 e. The van der Waals surface area contributed by atoms with Gasteiger partial charge >= 0.3 is 0 Å². The first-order valence-electron chi connectivity index (χ1n) is 6.85. The summed E-state index contributed by atoms with van der Waals surface area (Å²) in [4.78, 5) is 2.34. The van der Waals surface area contributed by atoms with Crippen molar-refractivity contribution in [2.75, 3.05) is 25.1 Å². The second-order valence-electron chi connectivity index (χ2n) is 5.10. The first-order chi connectivity index (χ1) is 9.78. The molecule has 0 aliphatic carbocycles. The average molecular weight is 292 g/mol. The molecule has 1 aromatic carbocycles. The Morgan fingerprint density at radius 3 is 2.70 bits per heavy atom. The fourth-order valence-electron chi connectivity index (χ4n) is 2.81. The Hall–Kier alpha value is -1.68. The summed E-state index contributed by atoms with van der Waals surface area (Å²) in [5.41, 5.74) is 1.31. The molecule has 0 radical (unpaired) electrons. The summed E-state index contributed by atoms with van der Waals surface area (Å²) in [7, 11) is 1.64. The summed E-state index contributed by atoms with van der Waals surface area (Å²) in [5.74, 6) is 2.42. The Balaban J connectivity index is 1.67. The van der Waals surface area contributed by atoms with Gasteiger partial charge in [0.05, 0.1) is 18.3 Å². The molecule has 0 spiro atoms. The summed E-state index contributed by atoms with van der Waals surface area (Å²) < 4.78 is 5.20. The fourth-order valence-corrected chi connectivity index (χ4v) is 3.08. The van der Waals surface area contributed by atoms with Gasteiger partial charge < -0.3 is 9.64 Å².